The summed E-state index contributed by atoms with van der Waals surface area (Å²) in [7, 11) is 4.01. The zero-order chi connectivity index (χ0) is 15.0. The largest absolute Gasteiger partial charge is 0.387 e. The van der Waals surface area contributed by atoms with Gasteiger partial charge in [-0.1, -0.05) is 31.2 Å². The molecule has 1 aliphatic rings. The average Bonchev–Trinajstić information content (AvgIpc) is 2.88. The first-order chi connectivity index (χ1) is 10.1. The summed E-state index contributed by atoms with van der Waals surface area (Å²) in [5.74, 6) is 0.478. The first-order valence-corrected chi connectivity index (χ1v) is 7.51. The summed E-state index contributed by atoms with van der Waals surface area (Å²) in [5.41, 5.74) is 3.55. The van der Waals surface area contributed by atoms with Crippen LogP contribution in [0.3, 0.4) is 0 Å². The van der Waals surface area contributed by atoms with E-state index >= 15 is 0 Å². The summed E-state index contributed by atoms with van der Waals surface area (Å²) in [6.07, 6.45) is 4.49. The van der Waals surface area contributed by atoms with Crippen molar-refractivity contribution in [3.05, 3.63) is 53.3 Å². The third kappa shape index (κ3) is 2.74. The number of hydrogen-bond acceptors (Lipinski definition) is 3. The molecule has 4 heteroatoms. The van der Waals surface area contributed by atoms with Crippen LogP contribution in [-0.4, -0.2) is 32.9 Å². The van der Waals surface area contributed by atoms with E-state index in [0.717, 1.165) is 18.5 Å². The van der Waals surface area contributed by atoms with Crippen molar-refractivity contribution >= 4 is 0 Å². The van der Waals surface area contributed by atoms with E-state index in [1.165, 1.54) is 11.1 Å². The Morgan fingerprint density at radius 3 is 2.71 bits per heavy atom. The van der Waals surface area contributed by atoms with Crippen molar-refractivity contribution in [2.75, 3.05) is 7.05 Å². The average molecular weight is 285 g/mol. The highest BCUT2D eigenvalue weighted by Gasteiger charge is 2.34. The van der Waals surface area contributed by atoms with Crippen LogP contribution in [0, 0.1) is 0 Å². The second kappa shape index (κ2) is 5.62. The Morgan fingerprint density at radius 1 is 1.33 bits per heavy atom. The Morgan fingerprint density at radius 2 is 2.05 bits per heavy atom. The van der Waals surface area contributed by atoms with Gasteiger partial charge in [-0.2, -0.15) is 5.10 Å². The fraction of sp³-hybridized carbons (Fsp3) is 0.471. The summed E-state index contributed by atoms with van der Waals surface area (Å²) in [4.78, 5) is 2.24. The molecule has 0 radical (unpaired) electrons. The molecule has 3 atom stereocenters. The highest BCUT2D eigenvalue weighted by molar-refractivity contribution is 5.35. The van der Waals surface area contributed by atoms with Gasteiger partial charge < -0.3 is 5.11 Å². The maximum atomic E-state index is 10.7. The lowest BCUT2D eigenvalue weighted by atomic mass is 9.79. The van der Waals surface area contributed by atoms with Crippen LogP contribution in [0.25, 0.3) is 0 Å². The first-order valence-electron chi connectivity index (χ1n) is 7.51. The molecule has 21 heavy (non-hydrogen) atoms. The van der Waals surface area contributed by atoms with Crippen molar-refractivity contribution in [3.8, 4) is 0 Å². The van der Waals surface area contributed by atoms with E-state index in [2.05, 4.69) is 42.2 Å². The van der Waals surface area contributed by atoms with Gasteiger partial charge in [0, 0.05) is 31.4 Å². The van der Waals surface area contributed by atoms with Crippen LogP contribution >= 0.6 is 0 Å². The SMILES string of the molecule is CC1CC(N(C)Cc2cnn(C)c2)C(O)c2ccccc21. The lowest BCUT2D eigenvalue weighted by molar-refractivity contribution is 0.0411. The molecule has 2 aromatic rings. The van der Waals surface area contributed by atoms with Crippen molar-refractivity contribution in [1.82, 2.24) is 14.7 Å². The summed E-state index contributed by atoms with van der Waals surface area (Å²) in [6, 6.07) is 8.41. The highest BCUT2D eigenvalue weighted by Crippen LogP contribution is 2.39. The quantitative estimate of drug-likeness (QED) is 0.942. The molecule has 1 aromatic carbocycles. The molecule has 0 aliphatic heterocycles. The van der Waals surface area contributed by atoms with Crippen LogP contribution in [-0.2, 0) is 13.6 Å². The van der Waals surface area contributed by atoms with Gasteiger partial charge in [0.25, 0.3) is 0 Å². The van der Waals surface area contributed by atoms with Gasteiger partial charge in [-0.15, -0.1) is 0 Å². The third-order valence-corrected chi connectivity index (χ3v) is 4.56. The van der Waals surface area contributed by atoms with E-state index in [1.54, 1.807) is 0 Å². The Balaban J connectivity index is 1.80. The van der Waals surface area contributed by atoms with Crippen LogP contribution in [0.2, 0.25) is 0 Å². The standard InChI is InChI=1S/C17H23N3O/c1-12-8-16(17(21)15-7-5-4-6-14(12)15)19(2)10-13-9-18-20(3)11-13/h4-7,9,11-12,16-17,21H,8,10H2,1-3H3. The minimum atomic E-state index is -0.418. The zero-order valence-corrected chi connectivity index (χ0v) is 12.9. The minimum Gasteiger partial charge on any atom is -0.387 e. The van der Waals surface area contributed by atoms with Crippen LogP contribution in [0.15, 0.2) is 36.7 Å². The molecule has 1 aliphatic carbocycles. The molecule has 1 N–H and O–H groups in total. The van der Waals surface area contributed by atoms with Gasteiger partial charge in [0.15, 0.2) is 0 Å². The third-order valence-electron chi connectivity index (χ3n) is 4.56. The minimum absolute atomic E-state index is 0.148. The Kier molecular flexibility index (Phi) is 3.83. The maximum Gasteiger partial charge on any atom is 0.0948 e. The monoisotopic (exact) mass is 285 g/mol. The predicted molar refractivity (Wildman–Crippen MR) is 82.9 cm³/mol. The molecule has 4 nitrogen and oxygen atoms in total. The van der Waals surface area contributed by atoms with Gasteiger partial charge in [0.05, 0.1) is 12.3 Å². The summed E-state index contributed by atoms with van der Waals surface area (Å²) in [6.45, 7) is 3.06. The molecule has 0 saturated heterocycles. The van der Waals surface area contributed by atoms with E-state index in [0.29, 0.717) is 5.92 Å². The number of rotatable bonds is 3. The van der Waals surface area contributed by atoms with E-state index in [1.807, 2.05) is 30.2 Å². The summed E-state index contributed by atoms with van der Waals surface area (Å²) < 4.78 is 1.82. The highest BCUT2D eigenvalue weighted by atomic mass is 16.3. The molecule has 0 bridgehead atoms. The van der Waals surface area contributed by atoms with Crippen molar-refractivity contribution in [1.29, 1.82) is 0 Å². The lowest BCUT2D eigenvalue weighted by Gasteiger charge is -2.39. The Hall–Kier alpha value is -1.65. The van der Waals surface area contributed by atoms with Gasteiger partial charge in [-0.05, 0) is 30.5 Å². The number of aryl methyl sites for hydroxylation is 1. The fourth-order valence-electron chi connectivity index (χ4n) is 3.43. The van der Waals surface area contributed by atoms with Crippen LogP contribution in [0.4, 0.5) is 0 Å². The number of benzene rings is 1. The lowest BCUT2D eigenvalue weighted by Crippen LogP contribution is -2.40. The first kappa shape index (κ1) is 14.3. The van der Waals surface area contributed by atoms with Crippen molar-refractivity contribution in [2.45, 2.75) is 38.0 Å². The number of likely N-dealkylation sites (N-methyl/N-ethyl adjacent to an activating group) is 1. The number of hydrogen-bond donors (Lipinski definition) is 1. The molecular weight excluding hydrogens is 262 g/mol. The summed E-state index contributed by atoms with van der Waals surface area (Å²) in [5, 5.41) is 14.9. The molecule has 3 unspecified atom stereocenters. The number of nitrogens with zero attached hydrogens (tertiary/aromatic N) is 3. The Bertz CT molecular complexity index is 622. The van der Waals surface area contributed by atoms with E-state index in [9.17, 15) is 5.11 Å². The molecule has 0 saturated carbocycles. The van der Waals surface area contributed by atoms with Gasteiger partial charge >= 0.3 is 0 Å². The van der Waals surface area contributed by atoms with Gasteiger partial charge in [-0.3, -0.25) is 9.58 Å². The van der Waals surface area contributed by atoms with Crippen molar-refractivity contribution in [3.63, 3.8) is 0 Å². The zero-order valence-electron chi connectivity index (χ0n) is 12.9. The number of aliphatic hydroxyl groups is 1. The van der Waals surface area contributed by atoms with E-state index in [-0.39, 0.29) is 6.04 Å². The number of aromatic nitrogens is 2. The maximum absolute atomic E-state index is 10.7. The molecule has 0 amide bonds. The fourth-order valence-corrected chi connectivity index (χ4v) is 3.43. The normalized spacial score (nSPS) is 25.1. The predicted octanol–water partition coefficient (Wildman–Crippen LogP) is 2.46. The molecule has 0 spiro atoms. The molecule has 112 valence electrons. The number of fused-ring (bicyclic) bond motifs is 1. The molecular formula is C17H23N3O. The molecule has 1 heterocycles. The van der Waals surface area contributed by atoms with Crippen molar-refractivity contribution < 1.29 is 5.11 Å². The smallest absolute Gasteiger partial charge is 0.0948 e. The second-order valence-electron chi connectivity index (χ2n) is 6.22. The molecule has 3 rings (SSSR count). The van der Waals surface area contributed by atoms with Crippen molar-refractivity contribution in [2.24, 2.45) is 7.05 Å². The van der Waals surface area contributed by atoms with E-state index in [4.69, 9.17) is 0 Å². The van der Waals surface area contributed by atoms with Gasteiger partial charge in [0.2, 0.25) is 0 Å². The van der Waals surface area contributed by atoms with Crippen LogP contribution < -0.4 is 0 Å². The van der Waals surface area contributed by atoms with Gasteiger partial charge in [-0.25, -0.2) is 0 Å². The van der Waals surface area contributed by atoms with Crippen LogP contribution in [0.1, 0.15) is 42.1 Å². The topological polar surface area (TPSA) is 41.3 Å². The molecule has 0 fully saturated rings. The molecule has 1 aromatic heterocycles. The van der Waals surface area contributed by atoms with Crippen LogP contribution in [0.5, 0.6) is 0 Å². The van der Waals surface area contributed by atoms with E-state index < -0.39 is 6.10 Å². The van der Waals surface area contributed by atoms with Gasteiger partial charge in [0.1, 0.15) is 0 Å². The Labute approximate surface area is 126 Å². The summed E-state index contributed by atoms with van der Waals surface area (Å²) >= 11 is 0. The second-order valence-corrected chi connectivity index (χ2v) is 6.22. The number of aliphatic hydroxyl groups excluding tert-OH is 1.